The predicted octanol–water partition coefficient (Wildman–Crippen LogP) is 3.01. The Bertz CT molecular complexity index is 706. The van der Waals surface area contributed by atoms with Crippen molar-refractivity contribution in [3.63, 3.8) is 0 Å². The van der Waals surface area contributed by atoms with Gasteiger partial charge in [0.15, 0.2) is 0 Å². The van der Waals surface area contributed by atoms with Crippen molar-refractivity contribution in [3.8, 4) is 0 Å². The highest BCUT2D eigenvalue weighted by atomic mass is 32.2. The number of benzene rings is 1. The van der Waals surface area contributed by atoms with Crippen molar-refractivity contribution < 1.29 is 40.1 Å². The molecule has 10 heteroatoms. The second kappa shape index (κ2) is 6.67. The predicted molar refractivity (Wildman–Crippen MR) is 73.9 cm³/mol. The van der Waals surface area contributed by atoms with E-state index in [1.165, 1.54) is 12.1 Å². The molecule has 0 unspecified atom stereocenters. The molecule has 0 atom stereocenters. The molecule has 0 amide bonds. The molecule has 0 aromatic heterocycles. The fourth-order valence-corrected chi connectivity index (χ4v) is 2.91. The zero-order chi connectivity index (χ0) is 18.1. The molecule has 1 saturated carbocycles. The number of esters is 1. The highest BCUT2D eigenvalue weighted by Gasteiger charge is 2.54. The number of carbonyl (C=O) groups is 1. The van der Waals surface area contributed by atoms with Crippen LogP contribution in [0.1, 0.15) is 37.2 Å². The average molecular weight is 370 g/mol. The second-order valence-corrected chi connectivity index (χ2v) is 7.04. The number of ether oxygens (including phenoxy) is 1. The van der Waals surface area contributed by atoms with Gasteiger partial charge in [-0.2, -0.15) is 17.2 Å². The minimum Gasteiger partial charge on any atom is -0.457 e. The molecule has 0 heterocycles. The summed E-state index contributed by atoms with van der Waals surface area (Å²) in [6, 6.07) is 3.08. The van der Waals surface area contributed by atoms with Crippen molar-refractivity contribution in [3.05, 3.63) is 35.4 Å². The Labute approximate surface area is 135 Å². The first kappa shape index (κ1) is 18.7. The van der Waals surface area contributed by atoms with E-state index in [-0.39, 0.29) is 18.8 Å². The molecular formula is C14H14F4O5S. The Morgan fingerprint density at radius 1 is 1.08 bits per heavy atom. The van der Waals surface area contributed by atoms with E-state index >= 15 is 0 Å². The third kappa shape index (κ3) is 4.04. The Kier molecular flexibility index (Phi) is 5.19. The Hall–Kier alpha value is -1.68. The molecule has 134 valence electrons. The van der Waals surface area contributed by atoms with Crippen LogP contribution in [0, 0.1) is 11.6 Å². The number of halogens is 4. The topological polar surface area (TPSA) is 80.7 Å². The maximum Gasteiger partial charge on any atom is 0.465 e. The molecule has 24 heavy (non-hydrogen) atoms. The van der Waals surface area contributed by atoms with E-state index in [1.54, 1.807) is 0 Å². The van der Waals surface area contributed by atoms with Gasteiger partial charge in [-0.25, -0.2) is 13.6 Å². The highest BCUT2D eigenvalue weighted by molar-refractivity contribution is 7.87. The fraction of sp³-hybridized carbons (Fsp3) is 0.500. The summed E-state index contributed by atoms with van der Waals surface area (Å²) in [6.45, 7) is 0. The van der Waals surface area contributed by atoms with E-state index in [0.717, 1.165) is 6.07 Å². The molecule has 1 fully saturated rings. The Morgan fingerprint density at radius 3 is 2.04 bits per heavy atom. The van der Waals surface area contributed by atoms with Crippen molar-refractivity contribution in [2.24, 2.45) is 0 Å². The van der Waals surface area contributed by atoms with Crippen LogP contribution in [0.25, 0.3) is 0 Å². The van der Waals surface area contributed by atoms with E-state index in [4.69, 9.17) is 4.55 Å². The van der Waals surface area contributed by atoms with Crippen LogP contribution >= 0.6 is 0 Å². The summed E-state index contributed by atoms with van der Waals surface area (Å²) in [7, 11) is -5.91. The molecule has 5 nitrogen and oxygen atoms in total. The van der Waals surface area contributed by atoms with Gasteiger partial charge in [0.1, 0.15) is 17.7 Å². The fourth-order valence-electron chi connectivity index (χ4n) is 2.65. The SMILES string of the molecule is O=C(OC1CCC(c2cc(F)cc(F)c2)CC1)C(F)(F)S(=O)(=O)O. The van der Waals surface area contributed by atoms with Crippen LogP contribution in [-0.2, 0) is 19.6 Å². The number of hydrogen-bond acceptors (Lipinski definition) is 4. The molecule has 0 bridgehead atoms. The van der Waals surface area contributed by atoms with Crippen LogP contribution in [0.15, 0.2) is 18.2 Å². The van der Waals surface area contributed by atoms with Gasteiger partial charge in [0.05, 0.1) is 0 Å². The molecule has 1 aromatic rings. The van der Waals surface area contributed by atoms with Gasteiger partial charge in [-0.15, -0.1) is 0 Å². The molecule has 2 rings (SSSR count). The first-order valence-corrected chi connectivity index (χ1v) is 8.46. The van der Waals surface area contributed by atoms with E-state index in [0.29, 0.717) is 18.4 Å². The van der Waals surface area contributed by atoms with Gasteiger partial charge in [-0.1, -0.05) is 0 Å². The standard InChI is InChI=1S/C14H14F4O5S/c15-10-5-9(6-11(16)7-10)8-1-3-12(4-2-8)23-13(19)14(17,18)24(20,21)22/h5-8,12H,1-4H2,(H,20,21,22). The van der Waals surface area contributed by atoms with Crippen molar-refractivity contribution in [2.45, 2.75) is 43.0 Å². The number of carbonyl (C=O) groups excluding carboxylic acids is 1. The molecule has 0 aliphatic heterocycles. The first-order chi connectivity index (χ1) is 11.0. The van der Waals surface area contributed by atoms with Gasteiger partial charge in [0.25, 0.3) is 0 Å². The maximum atomic E-state index is 13.2. The van der Waals surface area contributed by atoms with Crippen LogP contribution < -0.4 is 0 Å². The smallest absolute Gasteiger partial charge is 0.457 e. The lowest BCUT2D eigenvalue weighted by Crippen LogP contribution is -2.41. The third-order valence-electron chi connectivity index (χ3n) is 3.87. The molecule has 1 N–H and O–H groups in total. The van der Waals surface area contributed by atoms with Gasteiger partial charge >= 0.3 is 21.3 Å². The second-order valence-electron chi connectivity index (χ2n) is 5.57. The normalized spacial score (nSPS) is 22.2. The van der Waals surface area contributed by atoms with Crippen LogP contribution in [0.2, 0.25) is 0 Å². The van der Waals surface area contributed by atoms with Crippen LogP contribution in [0.5, 0.6) is 0 Å². The zero-order valence-electron chi connectivity index (χ0n) is 12.2. The summed E-state index contributed by atoms with van der Waals surface area (Å²) in [5, 5.41) is -5.03. The number of alkyl halides is 2. The van der Waals surface area contributed by atoms with Crippen LogP contribution in [0.4, 0.5) is 17.6 Å². The molecule has 1 aromatic carbocycles. The lowest BCUT2D eigenvalue weighted by molar-refractivity contribution is -0.168. The molecule has 0 spiro atoms. The molecule has 1 aliphatic carbocycles. The van der Waals surface area contributed by atoms with Gasteiger partial charge in [0.2, 0.25) is 0 Å². The molecule has 0 saturated heterocycles. The summed E-state index contributed by atoms with van der Waals surface area (Å²) in [5.74, 6) is -4.03. The molecular weight excluding hydrogens is 356 g/mol. The van der Waals surface area contributed by atoms with Crippen LogP contribution in [-0.4, -0.2) is 30.3 Å². The van der Waals surface area contributed by atoms with Crippen molar-refractivity contribution in [2.75, 3.05) is 0 Å². The minimum atomic E-state index is -5.91. The largest absolute Gasteiger partial charge is 0.465 e. The van der Waals surface area contributed by atoms with Gasteiger partial charge in [0, 0.05) is 6.07 Å². The van der Waals surface area contributed by atoms with Crippen LogP contribution in [0.3, 0.4) is 0 Å². The zero-order valence-corrected chi connectivity index (χ0v) is 13.0. The van der Waals surface area contributed by atoms with E-state index in [2.05, 4.69) is 4.74 Å². The summed E-state index contributed by atoms with van der Waals surface area (Å²) in [5.41, 5.74) is 0.417. The first-order valence-electron chi connectivity index (χ1n) is 7.02. The summed E-state index contributed by atoms with van der Waals surface area (Å²) in [4.78, 5) is 11.2. The summed E-state index contributed by atoms with van der Waals surface area (Å²) >= 11 is 0. The Balaban J connectivity index is 1.97. The monoisotopic (exact) mass is 370 g/mol. The third-order valence-corrected chi connectivity index (χ3v) is 4.68. The summed E-state index contributed by atoms with van der Waals surface area (Å²) < 4.78 is 86.3. The Morgan fingerprint density at radius 2 is 1.58 bits per heavy atom. The number of hydrogen-bond donors (Lipinski definition) is 1. The number of rotatable bonds is 4. The van der Waals surface area contributed by atoms with Gasteiger partial charge in [-0.3, -0.25) is 4.55 Å². The van der Waals surface area contributed by atoms with Gasteiger partial charge < -0.3 is 4.74 Å². The highest BCUT2D eigenvalue weighted by Crippen LogP contribution is 2.35. The van der Waals surface area contributed by atoms with Crippen molar-refractivity contribution in [1.29, 1.82) is 0 Å². The van der Waals surface area contributed by atoms with E-state index < -0.39 is 39.1 Å². The van der Waals surface area contributed by atoms with Gasteiger partial charge in [-0.05, 0) is 49.3 Å². The average Bonchev–Trinajstić information content (AvgIpc) is 2.45. The van der Waals surface area contributed by atoms with Crippen molar-refractivity contribution >= 4 is 16.1 Å². The van der Waals surface area contributed by atoms with E-state index in [1.807, 2.05) is 0 Å². The maximum absolute atomic E-state index is 13.2. The summed E-state index contributed by atoms with van der Waals surface area (Å²) in [6.07, 6.45) is -0.0808. The lowest BCUT2D eigenvalue weighted by Gasteiger charge is -2.29. The molecule has 0 radical (unpaired) electrons. The quantitative estimate of drug-likeness (QED) is 0.501. The minimum absolute atomic E-state index is 0.121. The lowest BCUT2D eigenvalue weighted by atomic mass is 9.82. The molecule has 1 aliphatic rings. The van der Waals surface area contributed by atoms with E-state index in [9.17, 15) is 30.8 Å². The van der Waals surface area contributed by atoms with Crippen molar-refractivity contribution in [1.82, 2.24) is 0 Å².